The first-order valence-corrected chi connectivity index (χ1v) is 6.36. The van der Waals surface area contributed by atoms with Gasteiger partial charge < -0.3 is 0 Å². The maximum atomic E-state index is 12.6. The monoisotopic (exact) mass is 282 g/mol. The van der Waals surface area contributed by atoms with Crippen LogP contribution in [0.25, 0.3) is 0 Å². The van der Waals surface area contributed by atoms with Crippen molar-refractivity contribution in [3.05, 3.63) is 29.0 Å². The lowest BCUT2D eigenvalue weighted by Crippen LogP contribution is -1.82. The van der Waals surface area contributed by atoms with Gasteiger partial charge in [0.15, 0.2) is 0 Å². The van der Waals surface area contributed by atoms with Crippen LogP contribution in [0.4, 0.5) is 4.39 Å². The minimum Gasteiger partial charge on any atom is -0.207 e. The summed E-state index contributed by atoms with van der Waals surface area (Å²) in [6, 6.07) is 4.50. The molecule has 13 heavy (non-hydrogen) atoms. The van der Waals surface area contributed by atoms with Gasteiger partial charge in [-0.1, -0.05) is 27.5 Å². The smallest absolute Gasteiger partial charge is 0.124 e. The van der Waals surface area contributed by atoms with Crippen molar-refractivity contribution in [2.45, 2.75) is 11.3 Å². The molecule has 0 aliphatic carbocycles. The highest BCUT2D eigenvalue weighted by Gasteiger charge is 2.01. The van der Waals surface area contributed by atoms with E-state index in [-0.39, 0.29) is 5.82 Å². The molecule has 0 aliphatic heterocycles. The van der Waals surface area contributed by atoms with E-state index in [0.717, 1.165) is 22.4 Å². The van der Waals surface area contributed by atoms with Gasteiger partial charge in [-0.15, -0.1) is 11.8 Å². The van der Waals surface area contributed by atoms with Crippen LogP contribution in [0.3, 0.4) is 0 Å². The molecule has 1 aromatic carbocycles. The van der Waals surface area contributed by atoms with Crippen LogP contribution in [-0.4, -0.2) is 11.1 Å². The first kappa shape index (κ1) is 11.3. The lowest BCUT2D eigenvalue weighted by atomic mass is 10.3. The molecule has 0 heterocycles. The summed E-state index contributed by atoms with van der Waals surface area (Å²) in [5, 5.41) is 1.48. The topological polar surface area (TPSA) is 0 Å². The molecule has 0 nitrogen and oxygen atoms in total. The Morgan fingerprint density at radius 1 is 1.46 bits per heavy atom. The molecule has 0 radical (unpaired) electrons. The maximum absolute atomic E-state index is 12.6. The molecule has 4 heteroatoms. The average molecular weight is 284 g/mol. The number of rotatable bonds is 4. The summed E-state index contributed by atoms with van der Waals surface area (Å²) in [5.41, 5.74) is 0. The lowest BCUT2D eigenvalue weighted by molar-refractivity contribution is 0.626. The van der Waals surface area contributed by atoms with Gasteiger partial charge in [-0.05, 0) is 30.4 Å². The Hall–Kier alpha value is 0.270. The van der Waals surface area contributed by atoms with Crippen molar-refractivity contribution in [1.82, 2.24) is 0 Å². The van der Waals surface area contributed by atoms with E-state index in [0.29, 0.717) is 5.02 Å². The first-order valence-electron chi connectivity index (χ1n) is 3.88. The quantitative estimate of drug-likeness (QED) is 0.449. The van der Waals surface area contributed by atoms with Gasteiger partial charge >= 0.3 is 0 Å². The molecule has 1 rings (SSSR count). The molecule has 0 unspecified atom stereocenters. The van der Waals surface area contributed by atoms with Crippen LogP contribution in [0.1, 0.15) is 6.42 Å². The van der Waals surface area contributed by atoms with Gasteiger partial charge in [-0.25, -0.2) is 4.39 Å². The highest BCUT2D eigenvalue weighted by atomic mass is 79.9. The van der Waals surface area contributed by atoms with Crippen molar-refractivity contribution in [2.75, 3.05) is 11.1 Å². The minimum absolute atomic E-state index is 0.283. The van der Waals surface area contributed by atoms with Crippen LogP contribution >= 0.6 is 39.3 Å². The molecule has 0 amide bonds. The number of thioether (sulfide) groups is 1. The fourth-order valence-corrected chi connectivity index (χ4v) is 2.68. The van der Waals surface area contributed by atoms with E-state index in [1.54, 1.807) is 17.8 Å². The predicted octanol–water partition coefficient (Wildman–Crippen LogP) is 4.36. The molecule has 0 atom stereocenters. The Morgan fingerprint density at radius 3 is 2.85 bits per heavy atom. The Bertz CT molecular complexity index is 280. The summed E-state index contributed by atoms with van der Waals surface area (Å²) in [4.78, 5) is 0.948. The normalized spacial score (nSPS) is 10.4. The van der Waals surface area contributed by atoms with Crippen molar-refractivity contribution in [2.24, 2.45) is 0 Å². The maximum Gasteiger partial charge on any atom is 0.124 e. The van der Waals surface area contributed by atoms with E-state index in [1.807, 2.05) is 0 Å². The third kappa shape index (κ3) is 3.88. The van der Waals surface area contributed by atoms with Crippen LogP contribution in [0, 0.1) is 5.82 Å². The molecule has 0 fully saturated rings. The van der Waals surface area contributed by atoms with Crippen LogP contribution in [0.5, 0.6) is 0 Å². The molecular formula is C9H9BrClFS. The summed E-state index contributed by atoms with van der Waals surface area (Å²) in [5.74, 6) is 0.714. The molecule has 0 saturated carbocycles. The van der Waals surface area contributed by atoms with E-state index in [1.165, 1.54) is 12.1 Å². The van der Waals surface area contributed by atoms with E-state index in [9.17, 15) is 4.39 Å². The second kappa shape index (κ2) is 5.89. The van der Waals surface area contributed by atoms with Crippen LogP contribution in [0.15, 0.2) is 23.1 Å². The molecule has 0 aliphatic rings. The molecule has 1 aromatic rings. The number of hydrogen-bond donors (Lipinski definition) is 0. The number of halogens is 3. The summed E-state index contributed by atoms with van der Waals surface area (Å²) in [6.07, 6.45) is 1.08. The summed E-state index contributed by atoms with van der Waals surface area (Å²) in [6.45, 7) is 0. The van der Waals surface area contributed by atoms with E-state index in [2.05, 4.69) is 15.9 Å². The Labute approximate surface area is 95.0 Å². The van der Waals surface area contributed by atoms with Gasteiger partial charge in [0.1, 0.15) is 5.82 Å². The fraction of sp³-hybridized carbons (Fsp3) is 0.333. The second-order valence-corrected chi connectivity index (χ2v) is 4.80. The van der Waals surface area contributed by atoms with Crippen LogP contribution in [0.2, 0.25) is 5.02 Å². The predicted molar refractivity (Wildman–Crippen MR) is 60.5 cm³/mol. The second-order valence-electron chi connectivity index (χ2n) is 2.47. The van der Waals surface area contributed by atoms with E-state index in [4.69, 9.17) is 11.6 Å². The zero-order chi connectivity index (χ0) is 9.68. The molecule has 0 N–H and O–H groups in total. The largest absolute Gasteiger partial charge is 0.207 e. The van der Waals surface area contributed by atoms with Crippen molar-refractivity contribution in [3.63, 3.8) is 0 Å². The molecular weight excluding hydrogens is 275 g/mol. The fourth-order valence-electron chi connectivity index (χ4n) is 0.829. The van der Waals surface area contributed by atoms with Crippen LogP contribution < -0.4 is 0 Å². The summed E-state index contributed by atoms with van der Waals surface area (Å²) < 4.78 is 12.6. The van der Waals surface area contributed by atoms with Crippen molar-refractivity contribution in [3.8, 4) is 0 Å². The minimum atomic E-state index is -0.283. The SMILES string of the molecule is Fc1ccc(SCCCBr)c(Cl)c1. The summed E-state index contributed by atoms with van der Waals surface area (Å²) in [7, 11) is 0. The molecule has 0 aromatic heterocycles. The van der Waals surface area contributed by atoms with Gasteiger partial charge in [-0.3, -0.25) is 0 Å². The standard InChI is InChI=1S/C9H9BrClFS/c10-4-1-5-13-9-3-2-7(12)6-8(9)11/h2-3,6H,1,4-5H2. The zero-order valence-corrected chi connectivity index (χ0v) is 10.1. The molecule has 0 saturated heterocycles. The Kier molecular flexibility index (Phi) is 5.14. The third-order valence-electron chi connectivity index (χ3n) is 1.43. The van der Waals surface area contributed by atoms with Crippen molar-refractivity contribution < 1.29 is 4.39 Å². The highest BCUT2D eigenvalue weighted by Crippen LogP contribution is 2.28. The first-order chi connectivity index (χ1) is 6.24. The van der Waals surface area contributed by atoms with Crippen molar-refractivity contribution >= 4 is 39.3 Å². The van der Waals surface area contributed by atoms with Gasteiger partial charge in [0, 0.05) is 10.2 Å². The number of benzene rings is 1. The molecule has 0 spiro atoms. The van der Waals surface area contributed by atoms with Gasteiger partial charge in [-0.2, -0.15) is 0 Å². The molecule has 72 valence electrons. The van der Waals surface area contributed by atoms with Crippen molar-refractivity contribution in [1.29, 1.82) is 0 Å². The Morgan fingerprint density at radius 2 is 2.23 bits per heavy atom. The Balaban J connectivity index is 2.56. The summed E-state index contributed by atoms with van der Waals surface area (Å²) >= 11 is 10.8. The van der Waals surface area contributed by atoms with E-state index >= 15 is 0 Å². The van der Waals surface area contributed by atoms with Gasteiger partial charge in [0.25, 0.3) is 0 Å². The molecule has 0 bridgehead atoms. The average Bonchev–Trinajstić information content (AvgIpc) is 2.09. The number of hydrogen-bond acceptors (Lipinski definition) is 1. The van der Waals surface area contributed by atoms with Gasteiger partial charge in [0.05, 0.1) is 5.02 Å². The highest BCUT2D eigenvalue weighted by molar-refractivity contribution is 9.09. The zero-order valence-electron chi connectivity index (χ0n) is 6.90. The van der Waals surface area contributed by atoms with Gasteiger partial charge in [0.2, 0.25) is 0 Å². The van der Waals surface area contributed by atoms with E-state index < -0.39 is 0 Å². The lowest BCUT2D eigenvalue weighted by Gasteiger charge is -2.02. The number of alkyl halides is 1. The van der Waals surface area contributed by atoms with Crippen LogP contribution in [-0.2, 0) is 0 Å². The third-order valence-corrected chi connectivity index (χ3v) is 3.57.